The summed E-state index contributed by atoms with van der Waals surface area (Å²) in [6.07, 6.45) is 2.63. The summed E-state index contributed by atoms with van der Waals surface area (Å²) in [6, 6.07) is 0. The van der Waals surface area contributed by atoms with Crippen molar-refractivity contribution in [3.63, 3.8) is 0 Å². The average Bonchev–Trinajstić information content (AvgIpc) is 2.17. The summed E-state index contributed by atoms with van der Waals surface area (Å²) >= 11 is 0. The second-order valence-electron chi connectivity index (χ2n) is 3.79. The van der Waals surface area contributed by atoms with E-state index < -0.39 is 0 Å². The molecule has 0 aliphatic carbocycles. The van der Waals surface area contributed by atoms with Crippen LogP contribution in [0.3, 0.4) is 0 Å². The molecule has 0 aromatic heterocycles. The summed E-state index contributed by atoms with van der Waals surface area (Å²) in [5, 5.41) is 0. The number of hydrogen-bond acceptors (Lipinski definition) is 2. The Labute approximate surface area is 81.9 Å². The molecular formula is C10H22N3. The van der Waals surface area contributed by atoms with Gasteiger partial charge >= 0.3 is 0 Å². The Morgan fingerprint density at radius 2 is 1.54 bits per heavy atom. The zero-order valence-electron chi connectivity index (χ0n) is 8.76. The van der Waals surface area contributed by atoms with Gasteiger partial charge in [0.1, 0.15) is 0 Å². The number of rotatable bonds is 5. The molecule has 0 spiro atoms. The largest absolute Gasteiger partial charge is 0.301 e. The molecular weight excluding hydrogens is 162 g/mol. The van der Waals surface area contributed by atoms with Gasteiger partial charge in [-0.1, -0.05) is 13.3 Å². The maximum atomic E-state index is 7.14. The maximum Gasteiger partial charge on any atom is 0.0228 e. The van der Waals surface area contributed by atoms with Gasteiger partial charge in [0.2, 0.25) is 0 Å². The molecule has 3 nitrogen and oxygen atoms in total. The fourth-order valence-corrected chi connectivity index (χ4v) is 1.78. The van der Waals surface area contributed by atoms with Gasteiger partial charge in [-0.25, -0.2) is 0 Å². The fraction of sp³-hybridized carbons (Fsp3) is 1.00. The van der Waals surface area contributed by atoms with Gasteiger partial charge in [0.25, 0.3) is 0 Å². The molecule has 3 heteroatoms. The van der Waals surface area contributed by atoms with Crippen molar-refractivity contribution >= 4 is 0 Å². The number of unbranched alkanes of at least 4 members (excludes halogenated alkanes) is 1. The molecule has 0 amide bonds. The highest BCUT2D eigenvalue weighted by atomic mass is 15.3. The Kier molecular flexibility index (Phi) is 5.35. The highest BCUT2D eigenvalue weighted by molar-refractivity contribution is 4.71. The van der Waals surface area contributed by atoms with Crippen molar-refractivity contribution in [1.29, 1.82) is 0 Å². The van der Waals surface area contributed by atoms with Crippen molar-refractivity contribution in [3.05, 3.63) is 0 Å². The summed E-state index contributed by atoms with van der Waals surface area (Å²) < 4.78 is 0. The first-order chi connectivity index (χ1) is 6.36. The molecule has 0 bridgehead atoms. The molecule has 0 unspecified atom stereocenters. The van der Waals surface area contributed by atoms with Crippen LogP contribution in [0, 0.1) is 0 Å². The summed E-state index contributed by atoms with van der Waals surface area (Å²) in [5.74, 6) is 0. The van der Waals surface area contributed by atoms with Crippen LogP contribution in [0.1, 0.15) is 19.8 Å². The predicted octanol–water partition coefficient (Wildman–Crippen LogP) is 0.687. The lowest BCUT2D eigenvalue weighted by Crippen LogP contribution is -2.47. The minimum absolute atomic E-state index is 0.551. The number of nitrogens with one attached hydrogen (secondary N) is 1. The molecule has 1 radical (unpaired) electrons. The Hall–Kier alpha value is -0.120. The molecule has 0 saturated carbocycles. The van der Waals surface area contributed by atoms with Crippen molar-refractivity contribution in [2.45, 2.75) is 19.8 Å². The quantitative estimate of drug-likeness (QED) is 0.629. The van der Waals surface area contributed by atoms with Gasteiger partial charge < -0.3 is 4.90 Å². The van der Waals surface area contributed by atoms with Crippen LogP contribution in [0.15, 0.2) is 0 Å². The third kappa shape index (κ3) is 4.07. The van der Waals surface area contributed by atoms with Crippen molar-refractivity contribution < 1.29 is 0 Å². The van der Waals surface area contributed by atoms with Gasteiger partial charge in [-0.2, -0.15) is 0 Å². The number of nitrogens with zero attached hydrogens (tertiary/aromatic N) is 2. The van der Waals surface area contributed by atoms with Crippen LogP contribution >= 0.6 is 0 Å². The van der Waals surface area contributed by atoms with Crippen molar-refractivity contribution in [2.75, 3.05) is 45.8 Å². The van der Waals surface area contributed by atoms with E-state index in [0.717, 1.165) is 6.54 Å². The molecule has 1 saturated heterocycles. The van der Waals surface area contributed by atoms with E-state index in [2.05, 4.69) is 16.7 Å². The summed E-state index contributed by atoms with van der Waals surface area (Å²) in [5.41, 5.74) is 7.14. The standard InChI is InChI=1S/C10H22N3/c1-2-3-5-12-7-9-13(6-4-11)10-8-12/h11H,2-10H2,1H3. The Bertz CT molecular complexity index is 119. The van der Waals surface area contributed by atoms with E-state index in [4.69, 9.17) is 5.73 Å². The highest BCUT2D eigenvalue weighted by Crippen LogP contribution is 2.02. The SMILES string of the molecule is CCCCN1CCN(CC[NH])CC1. The van der Waals surface area contributed by atoms with E-state index in [9.17, 15) is 0 Å². The normalized spacial score (nSPS) is 20.8. The molecule has 0 aromatic carbocycles. The third-order valence-corrected chi connectivity index (χ3v) is 2.72. The lowest BCUT2D eigenvalue weighted by molar-refractivity contribution is 0.133. The molecule has 1 fully saturated rings. The van der Waals surface area contributed by atoms with Crippen molar-refractivity contribution in [1.82, 2.24) is 15.5 Å². The molecule has 0 aromatic rings. The zero-order valence-corrected chi connectivity index (χ0v) is 8.76. The van der Waals surface area contributed by atoms with E-state index in [1.165, 1.54) is 45.6 Å². The average molecular weight is 184 g/mol. The number of piperazine rings is 1. The second-order valence-corrected chi connectivity index (χ2v) is 3.79. The van der Waals surface area contributed by atoms with Crippen LogP contribution in [0.5, 0.6) is 0 Å². The van der Waals surface area contributed by atoms with E-state index in [-0.39, 0.29) is 0 Å². The summed E-state index contributed by atoms with van der Waals surface area (Å²) in [6.45, 7) is 9.78. The van der Waals surface area contributed by atoms with Crippen LogP contribution in [0.2, 0.25) is 0 Å². The van der Waals surface area contributed by atoms with Gasteiger partial charge in [0, 0.05) is 39.3 Å². The Morgan fingerprint density at radius 1 is 1.00 bits per heavy atom. The Balaban J connectivity index is 2.08. The van der Waals surface area contributed by atoms with Gasteiger partial charge in [-0.3, -0.25) is 10.6 Å². The molecule has 1 heterocycles. The summed E-state index contributed by atoms with van der Waals surface area (Å²) in [7, 11) is 0. The van der Waals surface area contributed by atoms with Gasteiger partial charge in [-0.05, 0) is 13.0 Å². The fourth-order valence-electron chi connectivity index (χ4n) is 1.78. The molecule has 1 rings (SSSR count). The first-order valence-corrected chi connectivity index (χ1v) is 5.46. The van der Waals surface area contributed by atoms with E-state index in [0.29, 0.717) is 6.54 Å². The van der Waals surface area contributed by atoms with Gasteiger partial charge in [0.15, 0.2) is 0 Å². The first-order valence-electron chi connectivity index (χ1n) is 5.46. The molecule has 1 N–H and O–H groups in total. The first kappa shape index (κ1) is 11.0. The van der Waals surface area contributed by atoms with Crippen molar-refractivity contribution in [2.24, 2.45) is 0 Å². The Morgan fingerprint density at radius 3 is 2.00 bits per heavy atom. The van der Waals surface area contributed by atoms with Crippen LogP contribution in [-0.4, -0.2) is 55.6 Å². The molecule has 1 aliphatic rings. The third-order valence-electron chi connectivity index (χ3n) is 2.72. The lowest BCUT2D eigenvalue weighted by atomic mass is 10.2. The van der Waals surface area contributed by atoms with E-state index >= 15 is 0 Å². The van der Waals surface area contributed by atoms with E-state index in [1.54, 1.807) is 0 Å². The van der Waals surface area contributed by atoms with Gasteiger partial charge in [-0.15, -0.1) is 0 Å². The predicted molar refractivity (Wildman–Crippen MR) is 55.8 cm³/mol. The maximum absolute atomic E-state index is 7.14. The number of hydrogen-bond donors (Lipinski definition) is 0. The molecule has 13 heavy (non-hydrogen) atoms. The van der Waals surface area contributed by atoms with E-state index in [1.807, 2.05) is 0 Å². The smallest absolute Gasteiger partial charge is 0.0228 e. The topological polar surface area (TPSA) is 30.3 Å². The van der Waals surface area contributed by atoms with Crippen LogP contribution in [-0.2, 0) is 0 Å². The monoisotopic (exact) mass is 184 g/mol. The minimum Gasteiger partial charge on any atom is -0.301 e. The minimum atomic E-state index is 0.551. The molecule has 77 valence electrons. The molecule has 0 atom stereocenters. The zero-order chi connectivity index (χ0) is 9.52. The molecule has 1 aliphatic heterocycles. The summed E-state index contributed by atoms with van der Waals surface area (Å²) in [4.78, 5) is 4.94. The highest BCUT2D eigenvalue weighted by Gasteiger charge is 2.14. The lowest BCUT2D eigenvalue weighted by Gasteiger charge is -2.34. The van der Waals surface area contributed by atoms with Gasteiger partial charge in [0.05, 0.1) is 0 Å². The van der Waals surface area contributed by atoms with Crippen LogP contribution < -0.4 is 5.73 Å². The van der Waals surface area contributed by atoms with Crippen LogP contribution in [0.4, 0.5) is 0 Å². The van der Waals surface area contributed by atoms with Crippen LogP contribution in [0.25, 0.3) is 0 Å². The van der Waals surface area contributed by atoms with Crippen molar-refractivity contribution in [3.8, 4) is 0 Å². The second kappa shape index (κ2) is 6.35.